The zero-order valence-electron chi connectivity index (χ0n) is 12.1. The third-order valence-corrected chi connectivity index (χ3v) is 4.29. The number of carboxylic acid groups (broad SMARTS) is 1. The van der Waals surface area contributed by atoms with Gasteiger partial charge >= 0.3 is 5.97 Å². The van der Waals surface area contributed by atoms with Gasteiger partial charge in [0.25, 0.3) is 0 Å². The summed E-state index contributed by atoms with van der Waals surface area (Å²) in [6.07, 6.45) is 1.98. The number of carbonyl (C=O) groups is 2. The molecule has 1 N–H and O–H groups in total. The molecule has 1 fully saturated rings. The molecule has 0 saturated carbocycles. The Balaban J connectivity index is 1.70. The van der Waals surface area contributed by atoms with Crippen LogP contribution in [0.4, 0.5) is 0 Å². The zero-order chi connectivity index (χ0) is 15.2. The largest absolute Gasteiger partial charge is 0.481 e. The van der Waals surface area contributed by atoms with Gasteiger partial charge in [0.05, 0.1) is 36.3 Å². The van der Waals surface area contributed by atoms with Crippen molar-refractivity contribution in [3.05, 3.63) is 16.1 Å². The monoisotopic (exact) mass is 312 g/mol. The standard InChI is InChI=1S/C14H20N2O4S/c1-10-15-11(9-21-10)8-13(17)16-5-2-12(3-6-16)20-7-4-14(18)19/h9,12H,2-8H2,1H3,(H,18,19). The van der Waals surface area contributed by atoms with Gasteiger partial charge in [-0.3, -0.25) is 9.59 Å². The van der Waals surface area contributed by atoms with Crippen LogP contribution >= 0.6 is 11.3 Å². The maximum atomic E-state index is 12.2. The second-order valence-electron chi connectivity index (χ2n) is 5.13. The molecule has 116 valence electrons. The van der Waals surface area contributed by atoms with E-state index in [4.69, 9.17) is 9.84 Å². The molecule has 2 rings (SSSR count). The Bertz CT molecular complexity index is 495. The molecule has 6 nitrogen and oxygen atoms in total. The van der Waals surface area contributed by atoms with Gasteiger partial charge in [-0.2, -0.15) is 0 Å². The van der Waals surface area contributed by atoms with Gasteiger partial charge in [0.15, 0.2) is 0 Å². The average molecular weight is 312 g/mol. The van der Waals surface area contributed by atoms with Crippen LogP contribution in [0.5, 0.6) is 0 Å². The Labute approximate surface area is 127 Å². The number of nitrogens with zero attached hydrogens (tertiary/aromatic N) is 2. The number of likely N-dealkylation sites (tertiary alicyclic amines) is 1. The second-order valence-corrected chi connectivity index (χ2v) is 6.19. The fourth-order valence-electron chi connectivity index (χ4n) is 2.34. The lowest BCUT2D eigenvalue weighted by atomic mass is 10.1. The molecule has 21 heavy (non-hydrogen) atoms. The second kappa shape index (κ2) is 7.51. The highest BCUT2D eigenvalue weighted by atomic mass is 32.1. The normalized spacial score (nSPS) is 16.1. The van der Waals surface area contributed by atoms with Gasteiger partial charge in [0.1, 0.15) is 0 Å². The first-order chi connectivity index (χ1) is 10.0. The maximum absolute atomic E-state index is 12.2. The van der Waals surface area contributed by atoms with E-state index < -0.39 is 5.97 Å². The summed E-state index contributed by atoms with van der Waals surface area (Å²) in [5.74, 6) is -0.745. The van der Waals surface area contributed by atoms with Crippen molar-refractivity contribution in [3.8, 4) is 0 Å². The van der Waals surface area contributed by atoms with E-state index in [0.29, 0.717) is 19.5 Å². The van der Waals surface area contributed by atoms with Crippen LogP contribution < -0.4 is 0 Å². The van der Waals surface area contributed by atoms with E-state index in [1.54, 1.807) is 11.3 Å². The van der Waals surface area contributed by atoms with Gasteiger partial charge in [0.2, 0.25) is 5.91 Å². The van der Waals surface area contributed by atoms with Crippen molar-refractivity contribution in [3.63, 3.8) is 0 Å². The maximum Gasteiger partial charge on any atom is 0.305 e. The molecule has 0 unspecified atom stereocenters. The number of carbonyl (C=O) groups excluding carboxylic acids is 1. The van der Waals surface area contributed by atoms with Gasteiger partial charge in [-0.25, -0.2) is 4.98 Å². The van der Waals surface area contributed by atoms with Crippen molar-refractivity contribution in [1.29, 1.82) is 0 Å². The van der Waals surface area contributed by atoms with Crippen molar-refractivity contribution < 1.29 is 19.4 Å². The van der Waals surface area contributed by atoms with Crippen LogP contribution in [0.3, 0.4) is 0 Å². The smallest absolute Gasteiger partial charge is 0.305 e. The molecule has 1 amide bonds. The van der Waals surface area contributed by atoms with Crippen molar-refractivity contribution in [2.24, 2.45) is 0 Å². The lowest BCUT2D eigenvalue weighted by Crippen LogP contribution is -2.41. The topological polar surface area (TPSA) is 79.7 Å². The van der Waals surface area contributed by atoms with Crippen LogP contribution in [0.2, 0.25) is 0 Å². The van der Waals surface area contributed by atoms with Crippen LogP contribution in [0.15, 0.2) is 5.38 Å². The zero-order valence-corrected chi connectivity index (χ0v) is 12.9. The summed E-state index contributed by atoms with van der Waals surface area (Å²) < 4.78 is 5.51. The molecule has 1 saturated heterocycles. The summed E-state index contributed by atoms with van der Waals surface area (Å²) in [6.45, 7) is 3.50. The number of hydrogen-bond donors (Lipinski definition) is 1. The highest BCUT2D eigenvalue weighted by molar-refractivity contribution is 7.09. The van der Waals surface area contributed by atoms with Crippen LogP contribution in [-0.4, -0.2) is 52.7 Å². The van der Waals surface area contributed by atoms with Crippen LogP contribution in [-0.2, 0) is 20.7 Å². The summed E-state index contributed by atoms with van der Waals surface area (Å²) >= 11 is 1.56. The molecule has 0 atom stereocenters. The van der Waals surface area contributed by atoms with Crippen molar-refractivity contribution in [1.82, 2.24) is 9.88 Å². The van der Waals surface area contributed by atoms with Gasteiger partial charge < -0.3 is 14.7 Å². The molecule has 1 aliphatic heterocycles. The molecule has 0 spiro atoms. The Morgan fingerprint density at radius 1 is 1.48 bits per heavy atom. The molecule has 7 heteroatoms. The summed E-state index contributed by atoms with van der Waals surface area (Å²) in [7, 11) is 0. The van der Waals surface area contributed by atoms with E-state index in [-0.39, 0.29) is 25.0 Å². The SMILES string of the molecule is Cc1nc(CC(=O)N2CCC(OCCC(=O)O)CC2)cs1. The highest BCUT2D eigenvalue weighted by Gasteiger charge is 2.23. The molecular weight excluding hydrogens is 292 g/mol. The third kappa shape index (κ3) is 5.09. The van der Waals surface area contributed by atoms with E-state index in [1.165, 1.54) is 0 Å². The Hall–Kier alpha value is -1.47. The minimum Gasteiger partial charge on any atom is -0.481 e. The van der Waals surface area contributed by atoms with E-state index in [2.05, 4.69) is 4.98 Å². The first-order valence-electron chi connectivity index (χ1n) is 7.07. The summed E-state index contributed by atoms with van der Waals surface area (Å²) in [5.41, 5.74) is 0.835. The number of ether oxygens (including phenoxy) is 1. The number of aliphatic carboxylic acids is 1. The van der Waals surface area contributed by atoms with Gasteiger partial charge in [-0.15, -0.1) is 11.3 Å². The van der Waals surface area contributed by atoms with Gasteiger partial charge in [-0.1, -0.05) is 0 Å². The number of carboxylic acids is 1. The number of aromatic nitrogens is 1. The average Bonchev–Trinajstić information content (AvgIpc) is 2.84. The fraction of sp³-hybridized carbons (Fsp3) is 0.643. The third-order valence-electron chi connectivity index (χ3n) is 3.46. The minimum absolute atomic E-state index is 0.0301. The number of thiazole rings is 1. The quantitative estimate of drug-likeness (QED) is 0.860. The molecule has 0 bridgehead atoms. The molecule has 1 aromatic rings. The molecule has 1 aromatic heterocycles. The Kier molecular flexibility index (Phi) is 5.69. The summed E-state index contributed by atoms with van der Waals surface area (Å²) in [6, 6.07) is 0. The number of rotatable bonds is 6. The van der Waals surface area contributed by atoms with E-state index in [0.717, 1.165) is 23.5 Å². The predicted octanol–water partition coefficient (Wildman–Crippen LogP) is 1.48. The van der Waals surface area contributed by atoms with Gasteiger partial charge in [-0.05, 0) is 19.8 Å². The van der Waals surface area contributed by atoms with Crippen molar-refractivity contribution in [2.75, 3.05) is 19.7 Å². The van der Waals surface area contributed by atoms with Gasteiger partial charge in [0, 0.05) is 18.5 Å². The molecular formula is C14H20N2O4S. The molecule has 0 aromatic carbocycles. The van der Waals surface area contributed by atoms with Crippen LogP contribution in [0.25, 0.3) is 0 Å². The van der Waals surface area contributed by atoms with E-state index in [9.17, 15) is 9.59 Å². The lowest BCUT2D eigenvalue weighted by Gasteiger charge is -2.31. The predicted molar refractivity (Wildman–Crippen MR) is 78.4 cm³/mol. The first-order valence-corrected chi connectivity index (χ1v) is 7.94. The first kappa shape index (κ1) is 15.9. The van der Waals surface area contributed by atoms with Crippen LogP contribution in [0.1, 0.15) is 30.0 Å². The summed E-state index contributed by atoms with van der Waals surface area (Å²) in [4.78, 5) is 28.7. The molecule has 0 radical (unpaired) electrons. The minimum atomic E-state index is -0.846. The summed E-state index contributed by atoms with van der Waals surface area (Å²) in [5, 5.41) is 11.5. The van der Waals surface area contributed by atoms with E-state index >= 15 is 0 Å². The molecule has 0 aliphatic carbocycles. The molecule has 1 aliphatic rings. The number of aryl methyl sites for hydroxylation is 1. The Morgan fingerprint density at radius 2 is 2.19 bits per heavy atom. The van der Waals surface area contributed by atoms with Crippen molar-refractivity contribution in [2.45, 2.75) is 38.7 Å². The lowest BCUT2D eigenvalue weighted by molar-refractivity contribution is -0.139. The number of piperidine rings is 1. The Morgan fingerprint density at radius 3 is 2.76 bits per heavy atom. The number of hydrogen-bond acceptors (Lipinski definition) is 5. The molecule has 2 heterocycles. The van der Waals surface area contributed by atoms with Crippen LogP contribution in [0, 0.1) is 6.92 Å². The number of amides is 1. The highest BCUT2D eigenvalue weighted by Crippen LogP contribution is 2.16. The fourth-order valence-corrected chi connectivity index (χ4v) is 2.95. The van der Waals surface area contributed by atoms with Crippen molar-refractivity contribution >= 4 is 23.2 Å². The van der Waals surface area contributed by atoms with E-state index in [1.807, 2.05) is 17.2 Å².